The Hall–Kier alpha value is -2.04. The highest BCUT2D eigenvalue weighted by molar-refractivity contribution is 5.95. The zero-order valence-corrected chi connectivity index (χ0v) is 13.7. The van der Waals surface area contributed by atoms with E-state index in [1.807, 2.05) is 29.2 Å². The summed E-state index contributed by atoms with van der Waals surface area (Å²) in [5.41, 5.74) is 8.25. The zero-order chi connectivity index (χ0) is 16.1. The standard InChI is InChI=1S/C18H26N4O/c19-18(21-11-3-1-2-4-12-21)20-14-15-7-9-16(10-8-15)22-13-5-6-17(22)23/h7-10H,1-6,11-14H2,(H2,19,20). The highest BCUT2D eigenvalue weighted by atomic mass is 16.2. The molecule has 0 bridgehead atoms. The number of benzene rings is 1. The third-order valence-electron chi connectivity index (χ3n) is 4.68. The Morgan fingerprint density at radius 1 is 1.00 bits per heavy atom. The molecule has 0 spiro atoms. The number of aliphatic imine (C=N–C) groups is 1. The van der Waals surface area contributed by atoms with Gasteiger partial charge in [-0.1, -0.05) is 25.0 Å². The van der Waals surface area contributed by atoms with Crippen molar-refractivity contribution in [3.63, 3.8) is 0 Å². The number of nitrogens with zero attached hydrogens (tertiary/aromatic N) is 3. The quantitative estimate of drug-likeness (QED) is 0.689. The second-order valence-corrected chi connectivity index (χ2v) is 6.39. The summed E-state index contributed by atoms with van der Waals surface area (Å²) in [5.74, 6) is 0.881. The molecule has 0 radical (unpaired) electrons. The first-order valence-electron chi connectivity index (χ1n) is 8.68. The zero-order valence-electron chi connectivity index (χ0n) is 13.7. The average molecular weight is 314 g/mol. The Labute approximate surface area is 138 Å². The molecule has 0 saturated carbocycles. The molecule has 0 aromatic heterocycles. The summed E-state index contributed by atoms with van der Waals surface area (Å²) in [6, 6.07) is 8.10. The Morgan fingerprint density at radius 3 is 2.30 bits per heavy atom. The highest BCUT2D eigenvalue weighted by Crippen LogP contribution is 2.21. The lowest BCUT2D eigenvalue weighted by atomic mass is 10.2. The van der Waals surface area contributed by atoms with Crippen LogP contribution in [0.1, 0.15) is 44.1 Å². The fraction of sp³-hybridized carbons (Fsp3) is 0.556. The summed E-state index contributed by atoms with van der Waals surface area (Å²) >= 11 is 0. The molecule has 3 rings (SSSR count). The van der Waals surface area contributed by atoms with Crippen LogP contribution in [0.25, 0.3) is 0 Å². The summed E-state index contributed by atoms with van der Waals surface area (Å²) in [7, 11) is 0. The maximum Gasteiger partial charge on any atom is 0.227 e. The van der Waals surface area contributed by atoms with Crippen LogP contribution in [0.5, 0.6) is 0 Å². The van der Waals surface area contributed by atoms with Gasteiger partial charge in [-0.15, -0.1) is 0 Å². The number of hydrogen-bond acceptors (Lipinski definition) is 2. The summed E-state index contributed by atoms with van der Waals surface area (Å²) < 4.78 is 0. The van der Waals surface area contributed by atoms with E-state index in [2.05, 4.69) is 9.89 Å². The topological polar surface area (TPSA) is 61.9 Å². The third-order valence-corrected chi connectivity index (χ3v) is 4.68. The van der Waals surface area contributed by atoms with Crippen molar-refractivity contribution < 1.29 is 4.79 Å². The Morgan fingerprint density at radius 2 is 1.70 bits per heavy atom. The van der Waals surface area contributed by atoms with Crippen molar-refractivity contribution in [3.05, 3.63) is 29.8 Å². The summed E-state index contributed by atoms with van der Waals surface area (Å²) in [6.07, 6.45) is 6.61. The normalized spacial score (nSPS) is 20.0. The van der Waals surface area contributed by atoms with Crippen LogP contribution in [-0.2, 0) is 11.3 Å². The highest BCUT2D eigenvalue weighted by Gasteiger charge is 2.21. The van der Waals surface area contributed by atoms with Crippen LogP contribution in [0.2, 0.25) is 0 Å². The molecular formula is C18H26N4O. The molecule has 0 aliphatic carbocycles. The molecule has 1 aromatic rings. The van der Waals surface area contributed by atoms with Gasteiger partial charge >= 0.3 is 0 Å². The summed E-state index contributed by atoms with van der Waals surface area (Å²) in [6.45, 7) is 3.46. The van der Waals surface area contributed by atoms with Crippen LogP contribution in [0.15, 0.2) is 29.3 Å². The molecule has 5 heteroatoms. The second kappa shape index (κ2) is 7.49. The van der Waals surface area contributed by atoms with E-state index in [0.717, 1.165) is 37.3 Å². The van der Waals surface area contributed by atoms with Crippen LogP contribution < -0.4 is 10.6 Å². The molecule has 0 unspecified atom stereocenters. The number of carbonyl (C=O) groups excluding carboxylic acids is 1. The van der Waals surface area contributed by atoms with E-state index in [1.165, 1.54) is 25.7 Å². The number of nitrogens with two attached hydrogens (primary N) is 1. The lowest BCUT2D eigenvalue weighted by Crippen LogP contribution is -2.38. The van der Waals surface area contributed by atoms with Crippen molar-refractivity contribution in [2.45, 2.75) is 45.1 Å². The smallest absolute Gasteiger partial charge is 0.227 e. The summed E-state index contributed by atoms with van der Waals surface area (Å²) in [5, 5.41) is 0. The summed E-state index contributed by atoms with van der Waals surface area (Å²) in [4.78, 5) is 20.4. The van der Waals surface area contributed by atoms with Crippen molar-refractivity contribution in [2.24, 2.45) is 10.7 Å². The Bertz CT molecular complexity index is 559. The van der Waals surface area contributed by atoms with E-state index in [-0.39, 0.29) is 5.91 Å². The largest absolute Gasteiger partial charge is 0.370 e. The average Bonchev–Trinajstić information content (AvgIpc) is 2.84. The lowest BCUT2D eigenvalue weighted by Gasteiger charge is -2.21. The number of amides is 1. The van der Waals surface area contributed by atoms with Gasteiger partial charge < -0.3 is 15.5 Å². The Kier molecular flexibility index (Phi) is 5.16. The van der Waals surface area contributed by atoms with Gasteiger partial charge in [-0.3, -0.25) is 4.79 Å². The van der Waals surface area contributed by atoms with E-state index >= 15 is 0 Å². The van der Waals surface area contributed by atoms with Crippen molar-refractivity contribution in [2.75, 3.05) is 24.5 Å². The van der Waals surface area contributed by atoms with E-state index < -0.39 is 0 Å². The SMILES string of the molecule is NC(=NCc1ccc(N2CCCC2=O)cc1)N1CCCCCC1. The fourth-order valence-corrected chi connectivity index (χ4v) is 3.27. The number of anilines is 1. The molecule has 1 aromatic carbocycles. The van der Waals surface area contributed by atoms with E-state index in [1.54, 1.807) is 0 Å². The molecule has 2 heterocycles. The molecule has 124 valence electrons. The van der Waals surface area contributed by atoms with Crippen LogP contribution in [0.3, 0.4) is 0 Å². The second-order valence-electron chi connectivity index (χ2n) is 6.39. The van der Waals surface area contributed by atoms with Gasteiger partial charge in [-0.25, -0.2) is 4.99 Å². The molecule has 0 atom stereocenters. The van der Waals surface area contributed by atoms with Gasteiger partial charge in [0.25, 0.3) is 0 Å². The van der Waals surface area contributed by atoms with Crippen LogP contribution in [0, 0.1) is 0 Å². The number of likely N-dealkylation sites (tertiary alicyclic amines) is 1. The van der Waals surface area contributed by atoms with Crippen LogP contribution >= 0.6 is 0 Å². The van der Waals surface area contributed by atoms with Gasteiger partial charge in [0.05, 0.1) is 6.54 Å². The molecule has 23 heavy (non-hydrogen) atoms. The minimum Gasteiger partial charge on any atom is -0.370 e. The number of carbonyl (C=O) groups is 1. The van der Waals surface area contributed by atoms with E-state index in [9.17, 15) is 4.79 Å². The molecule has 2 aliphatic heterocycles. The minimum absolute atomic E-state index is 0.223. The monoisotopic (exact) mass is 314 g/mol. The van der Waals surface area contributed by atoms with Crippen molar-refractivity contribution in [1.29, 1.82) is 0 Å². The predicted octanol–water partition coefficient (Wildman–Crippen LogP) is 2.50. The number of guanidine groups is 1. The molecule has 2 N–H and O–H groups in total. The number of rotatable bonds is 3. The first kappa shape index (κ1) is 15.8. The van der Waals surface area contributed by atoms with Crippen molar-refractivity contribution >= 4 is 17.6 Å². The molecular weight excluding hydrogens is 288 g/mol. The molecule has 5 nitrogen and oxygen atoms in total. The molecule has 2 fully saturated rings. The van der Waals surface area contributed by atoms with Crippen LogP contribution in [0.4, 0.5) is 5.69 Å². The molecule has 2 aliphatic rings. The van der Waals surface area contributed by atoms with Gasteiger partial charge in [-0.2, -0.15) is 0 Å². The first-order valence-corrected chi connectivity index (χ1v) is 8.68. The van der Waals surface area contributed by atoms with Gasteiger partial charge in [0, 0.05) is 31.7 Å². The van der Waals surface area contributed by atoms with Crippen LogP contribution in [-0.4, -0.2) is 36.4 Å². The third kappa shape index (κ3) is 4.03. The fourth-order valence-electron chi connectivity index (χ4n) is 3.27. The van der Waals surface area contributed by atoms with Gasteiger partial charge in [0.1, 0.15) is 0 Å². The Balaban J connectivity index is 1.59. The van der Waals surface area contributed by atoms with Gasteiger partial charge in [0.2, 0.25) is 5.91 Å². The predicted molar refractivity (Wildman–Crippen MR) is 93.4 cm³/mol. The lowest BCUT2D eigenvalue weighted by molar-refractivity contribution is -0.117. The number of hydrogen-bond donors (Lipinski definition) is 1. The van der Waals surface area contributed by atoms with Gasteiger partial charge in [0.15, 0.2) is 5.96 Å². The van der Waals surface area contributed by atoms with Gasteiger partial charge in [-0.05, 0) is 37.0 Å². The maximum absolute atomic E-state index is 11.8. The van der Waals surface area contributed by atoms with E-state index in [4.69, 9.17) is 5.73 Å². The van der Waals surface area contributed by atoms with Crippen molar-refractivity contribution in [1.82, 2.24) is 4.90 Å². The first-order chi connectivity index (χ1) is 11.2. The van der Waals surface area contributed by atoms with E-state index in [0.29, 0.717) is 18.9 Å². The maximum atomic E-state index is 11.8. The molecule has 2 saturated heterocycles. The van der Waals surface area contributed by atoms with Crippen molar-refractivity contribution in [3.8, 4) is 0 Å². The minimum atomic E-state index is 0.223. The molecule has 1 amide bonds.